The highest BCUT2D eigenvalue weighted by Crippen LogP contribution is 2.67. The smallest absolute Gasteiger partial charge is 0.217 e. The van der Waals surface area contributed by atoms with Crippen molar-refractivity contribution in [3.8, 4) is 0 Å². The van der Waals surface area contributed by atoms with E-state index in [1.807, 2.05) is 13.8 Å². The summed E-state index contributed by atoms with van der Waals surface area (Å²) in [6.45, 7) is 11.2. The molecule has 4 rings (SSSR count). The quantitative estimate of drug-likeness (QED) is 0.239. The zero-order valence-electron chi connectivity index (χ0n) is 22.3. The lowest BCUT2D eigenvalue weighted by molar-refractivity contribution is -0.0563. The van der Waals surface area contributed by atoms with Gasteiger partial charge in [0.05, 0.1) is 11.7 Å². The van der Waals surface area contributed by atoms with Gasteiger partial charge in [0.15, 0.2) is 0 Å². The van der Waals surface area contributed by atoms with Crippen LogP contribution >= 0.6 is 0 Å². The molecule has 0 heterocycles. The third-order valence-electron chi connectivity index (χ3n) is 10.5. The summed E-state index contributed by atoms with van der Waals surface area (Å²) in [6, 6.07) is 0. The number of aliphatic hydroxyl groups is 1. The van der Waals surface area contributed by atoms with Crippen LogP contribution < -0.4 is 6.15 Å². The van der Waals surface area contributed by atoms with E-state index in [4.69, 9.17) is 4.18 Å². The molecule has 0 amide bonds. The topological polar surface area (TPSA) is 123 Å². The summed E-state index contributed by atoms with van der Waals surface area (Å²) in [5, 5.41) is 10.1. The highest BCUT2D eigenvalue weighted by molar-refractivity contribution is 7.80. The number of allylic oxidation sites excluding steroid dienone is 1. The molecule has 198 valence electrons. The molecule has 0 bridgehead atoms. The fourth-order valence-electron chi connectivity index (χ4n) is 8.91. The minimum absolute atomic E-state index is 0. The summed E-state index contributed by atoms with van der Waals surface area (Å²) >= 11 is 0. The number of rotatable bonds is 7. The molecule has 7 heteroatoms. The van der Waals surface area contributed by atoms with Gasteiger partial charge < -0.3 is 15.8 Å². The fourth-order valence-corrected chi connectivity index (χ4v) is 9.41. The molecule has 0 aromatic rings. The van der Waals surface area contributed by atoms with Crippen LogP contribution in [0.5, 0.6) is 0 Å². The van der Waals surface area contributed by atoms with Gasteiger partial charge in [0, 0.05) is 0 Å². The van der Waals surface area contributed by atoms with Crippen molar-refractivity contribution in [2.45, 2.75) is 117 Å². The van der Waals surface area contributed by atoms with Crippen LogP contribution in [0.1, 0.15) is 105 Å². The van der Waals surface area contributed by atoms with Gasteiger partial charge in [-0.3, -0.25) is 4.18 Å². The number of fused-ring (bicyclic) bond motifs is 5. The van der Waals surface area contributed by atoms with Crippen molar-refractivity contribution < 1.29 is 22.3 Å². The monoisotopic (exact) mass is 499 g/mol. The lowest BCUT2D eigenvalue weighted by atomic mass is 9.47. The predicted octanol–water partition coefficient (Wildman–Crippen LogP) is 6.36. The molecule has 0 saturated heterocycles. The van der Waals surface area contributed by atoms with E-state index >= 15 is 0 Å². The molecule has 3 saturated carbocycles. The average Bonchev–Trinajstić information content (AvgIpc) is 3.03. The molecule has 4 aliphatic carbocycles. The summed E-state index contributed by atoms with van der Waals surface area (Å²) in [5.41, 5.74) is 1.30. The van der Waals surface area contributed by atoms with Crippen molar-refractivity contribution in [1.29, 1.82) is 0 Å². The standard InChI is InChI=1S/C27H46O5S.H3N/c1-18(7-6-14-25(2,3)28)22-10-11-23-21-9-8-19-17-20(32-33(29,30)31)12-15-26(19,4)24(21)13-16-27(22,23)5;/h8,18,20-24,28H,6-7,9-17H2,1-5H3,(H,29,30,31);1H3/t18-,20+,21+,22-,23+,24+,26+,27-;/m1./s1. The van der Waals surface area contributed by atoms with Crippen LogP contribution in [0.3, 0.4) is 0 Å². The largest absolute Gasteiger partial charge is 0.726 e. The first-order valence-electron chi connectivity index (χ1n) is 13.3. The summed E-state index contributed by atoms with van der Waals surface area (Å²) in [7, 11) is -4.65. The Morgan fingerprint density at radius 3 is 2.53 bits per heavy atom. The van der Waals surface area contributed by atoms with E-state index in [9.17, 15) is 18.1 Å². The Kier molecular flexibility index (Phi) is 8.08. The Labute approximate surface area is 207 Å². The Bertz CT molecular complexity index is 865. The highest BCUT2D eigenvalue weighted by atomic mass is 32.3. The minimum Gasteiger partial charge on any atom is -0.726 e. The first-order chi connectivity index (χ1) is 15.2. The average molecular weight is 500 g/mol. The van der Waals surface area contributed by atoms with Crippen LogP contribution in [0.25, 0.3) is 0 Å². The zero-order valence-corrected chi connectivity index (χ0v) is 23.1. The molecule has 0 aliphatic heterocycles. The van der Waals surface area contributed by atoms with Crippen molar-refractivity contribution in [3.05, 3.63) is 11.6 Å². The zero-order chi connectivity index (χ0) is 24.2. The third kappa shape index (κ3) is 5.44. The van der Waals surface area contributed by atoms with Crippen molar-refractivity contribution in [2.75, 3.05) is 0 Å². The fraction of sp³-hybridized carbons (Fsp3) is 0.926. The molecular weight excluding hydrogens is 450 g/mol. The second-order valence-electron chi connectivity index (χ2n) is 13.0. The molecule has 0 unspecified atom stereocenters. The van der Waals surface area contributed by atoms with Crippen LogP contribution in [0.15, 0.2) is 11.6 Å². The molecule has 0 aromatic heterocycles. The Morgan fingerprint density at radius 1 is 1.18 bits per heavy atom. The van der Waals surface area contributed by atoms with Crippen molar-refractivity contribution in [3.63, 3.8) is 0 Å². The van der Waals surface area contributed by atoms with Crippen LogP contribution in [0.4, 0.5) is 0 Å². The first-order valence-corrected chi connectivity index (χ1v) is 14.6. The van der Waals surface area contributed by atoms with Crippen LogP contribution in [0, 0.1) is 40.4 Å². The van der Waals surface area contributed by atoms with Crippen LogP contribution in [0.2, 0.25) is 0 Å². The summed E-state index contributed by atoms with van der Waals surface area (Å²) in [4.78, 5) is 0. The van der Waals surface area contributed by atoms with Crippen LogP contribution in [-0.4, -0.2) is 29.8 Å². The van der Waals surface area contributed by atoms with E-state index in [0.29, 0.717) is 36.0 Å². The van der Waals surface area contributed by atoms with Gasteiger partial charge in [-0.2, -0.15) is 0 Å². The molecule has 5 N–H and O–H groups in total. The van der Waals surface area contributed by atoms with Gasteiger partial charge in [0.1, 0.15) is 0 Å². The predicted molar refractivity (Wildman–Crippen MR) is 135 cm³/mol. The van der Waals surface area contributed by atoms with Crippen LogP contribution in [-0.2, 0) is 14.6 Å². The second-order valence-corrected chi connectivity index (χ2v) is 14.0. The minimum atomic E-state index is -4.65. The van der Waals surface area contributed by atoms with Gasteiger partial charge in [0.25, 0.3) is 0 Å². The number of hydrogen-bond donors (Lipinski definition) is 2. The van der Waals surface area contributed by atoms with Gasteiger partial charge in [-0.15, -0.1) is 0 Å². The van der Waals surface area contributed by atoms with Gasteiger partial charge in [0.2, 0.25) is 10.4 Å². The molecule has 0 aromatic carbocycles. The number of quaternary nitrogens is 1. The highest BCUT2D eigenvalue weighted by Gasteiger charge is 2.59. The summed E-state index contributed by atoms with van der Waals surface area (Å²) in [6.07, 6.45) is 13.5. The van der Waals surface area contributed by atoms with E-state index in [0.717, 1.165) is 37.5 Å². The third-order valence-corrected chi connectivity index (χ3v) is 11.0. The SMILES string of the molecule is C[C@H](CCCC(C)(C)O)[C@H]1CC[C@H]2[C@@H]3CC=C4C[C@@H](OS(=O)(=O)[O-])CC[C@]4(C)[C@H]3CC[C@]12C.[NH4+]. The molecule has 6 nitrogen and oxygen atoms in total. The molecule has 34 heavy (non-hydrogen) atoms. The first kappa shape index (κ1) is 28.1. The Balaban J connectivity index is 0.00000324. The van der Waals surface area contributed by atoms with Crippen molar-refractivity contribution in [2.24, 2.45) is 40.4 Å². The van der Waals surface area contributed by atoms with E-state index in [1.54, 1.807) is 0 Å². The van der Waals surface area contributed by atoms with Gasteiger partial charge in [-0.25, -0.2) is 8.42 Å². The van der Waals surface area contributed by atoms with E-state index < -0.39 is 22.1 Å². The molecular formula is C27H49NO5S. The lowest BCUT2D eigenvalue weighted by Crippen LogP contribution is -2.51. The van der Waals surface area contributed by atoms with Crippen molar-refractivity contribution >= 4 is 10.4 Å². The van der Waals surface area contributed by atoms with E-state index in [2.05, 4.69) is 26.8 Å². The van der Waals surface area contributed by atoms with E-state index in [-0.39, 0.29) is 11.6 Å². The molecule has 4 aliphatic rings. The summed E-state index contributed by atoms with van der Waals surface area (Å²) < 4.78 is 38.2. The second kappa shape index (κ2) is 9.77. The lowest BCUT2D eigenvalue weighted by Gasteiger charge is -2.58. The van der Waals surface area contributed by atoms with E-state index in [1.165, 1.54) is 37.7 Å². The Morgan fingerprint density at radius 2 is 1.88 bits per heavy atom. The van der Waals surface area contributed by atoms with Gasteiger partial charge >= 0.3 is 0 Å². The maximum absolute atomic E-state index is 11.1. The van der Waals surface area contributed by atoms with Crippen molar-refractivity contribution in [1.82, 2.24) is 6.15 Å². The maximum Gasteiger partial charge on any atom is 0.217 e. The molecule has 3 fully saturated rings. The van der Waals surface area contributed by atoms with Gasteiger partial charge in [-0.1, -0.05) is 45.3 Å². The maximum atomic E-state index is 11.1. The molecule has 0 radical (unpaired) electrons. The molecule has 0 spiro atoms. The molecule has 8 atom stereocenters. The number of hydrogen-bond acceptors (Lipinski definition) is 5. The summed E-state index contributed by atoms with van der Waals surface area (Å²) in [5.74, 6) is 3.61. The Hall–Kier alpha value is -0.470. The normalized spacial score (nSPS) is 40.9. The van der Waals surface area contributed by atoms with Gasteiger partial charge in [-0.05, 0) is 112 Å².